The van der Waals surface area contributed by atoms with Crippen LogP contribution in [0, 0.1) is 0 Å². The maximum absolute atomic E-state index is 10.7. The summed E-state index contributed by atoms with van der Waals surface area (Å²) < 4.78 is 4.71. The second-order valence-electron chi connectivity index (χ2n) is 2.33. The third-order valence-corrected chi connectivity index (χ3v) is 1.45. The van der Waals surface area contributed by atoms with Crippen molar-refractivity contribution < 1.29 is 19.4 Å². The molecule has 0 bridgehead atoms. The molecule has 1 N–H and O–H groups in total. The lowest BCUT2D eigenvalue weighted by atomic mass is 10.2. The van der Waals surface area contributed by atoms with E-state index < -0.39 is 11.9 Å². The van der Waals surface area contributed by atoms with Gasteiger partial charge in [-0.15, -0.1) is 0 Å². The van der Waals surface area contributed by atoms with Gasteiger partial charge in [0.25, 0.3) is 0 Å². The van der Waals surface area contributed by atoms with E-state index >= 15 is 0 Å². The molecule has 0 atom stereocenters. The predicted molar refractivity (Wildman–Crippen MR) is 46.9 cm³/mol. The van der Waals surface area contributed by atoms with Crippen LogP contribution in [0.3, 0.4) is 0 Å². The summed E-state index contributed by atoms with van der Waals surface area (Å²) in [6, 6.07) is 0. The number of aliphatic carboxylic acids is 1. The van der Waals surface area contributed by atoms with Crippen molar-refractivity contribution in [3.63, 3.8) is 0 Å². The van der Waals surface area contributed by atoms with Gasteiger partial charge in [0.2, 0.25) is 0 Å². The molecule has 0 aromatic rings. The number of hydrogen-bond acceptors (Lipinski definition) is 3. The number of hydrogen-bond donors (Lipinski definition) is 1. The number of carboxylic acid groups (broad SMARTS) is 1. The van der Waals surface area contributed by atoms with Crippen LogP contribution in [0.15, 0.2) is 24.0 Å². The number of carbonyl (C=O) groups is 2. The van der Waals surface area contributed by atoms with Gasteiger partial charge in [-0.1, -0.05) is 13.5 Å². The van der Waals surface area contributed by atoms with E-state index in [0.717, 1.165) is 6.08 Å². The molecule has 0 amide bonds. The highest BCUT2D eigenvalue weighted by Crippen LogP contribution is 2.10. The summed E-state index contributed by atoms with van der Waals surface area (Å²) in [6.07, 6.45) is 1.35. The minimum absolute atomic E-state index is 0.0395. The molecule has 72 valence electrons. The maximum atomic E-state index is 10.7. The molecular formula is C9H12O4. The smallest absolute Gasteiger partial charge is 0.335 e. The van der Waals surface area contributed by atoms with Crippen molar-refractivity contribution in [2.24, 2.45) is 0 Å². The Morgan fingerprint density at radius 3 is 2.38 bits per heavy atom. The van der Waals surface area contributed by atoms with Crippen molar-refractivity contribution in [3.05, 3.63) is 24.0 Å². The van der Waals surface area contributed by atoms with Gasteiger partial charge in [-0.3, -0.25) is 0 Å². The molecule has 0 fully saturated rings. The van der Waals surface area contributed by atoms with Crippen LogP contribution in [-0.4, -0.2) is 17.0 Å². The molecule has 0 aliphatic rings. The Morgan fingerprint density at radius 2 is 2.08 bits per heavy atom. The van der Waals surface area contributed by atoms with Crippen LogP contribution in [0.25, 0.3) is 0 Å². The normalized spacial score (nSPS) is 11.5. The molecule has 0 radical (unpaired) electrons. The SMILES string of the molecule is C=CC(=O)O/C(CC)=C(\C)C(=O)O. The number of allylic oxidation sites excluding steroid dienone is 1. The lowest BCUT2D eigenvalue weighted by Crippen LogP contribution is -2.07. The topological polar surface area (TPSA) is 63.6 Å². The van der Waals surface area contributed by atoms with Gasteiger partial charge in [0.05, 0.1) is 5.57 Å². The average molecular weight is 184 g/mol. The van der Waals surface area contributed by atoms with Gasteiger partial charge in [-0.05, 0) is 6.92 Å². The second kappa shape index (κ2) is 5.13. The Balaban J connectivity index is 4.68. The van der Waals surface area contributed by atoms with Gasteiger partial charge >= 0.3 is 11.9 Å². The van der Waals surface area contributed by atoms with E-state index in [4.69, 9.17) is 9.84 Å². The van der Waals surface area contributed by atoms with Gasteiger partial charge in [0, 0.05) is 12.5 Å². The van der Waals surface area contributed by atoms with Crippen molar-refractivity contribution in [1.82, 2.24) is 0 Å². The number of carboxylic acids is 1. The molecule has 4 heteroatoms. The van der Waals surface area contributed by atoms with Crippen LogP contribution in [0.2, 0.25) is 0 Å². The fourth-order valence-electron chi connectivity index (χ4n) is 0.696. The lowest BCUT2D eigenvalue weighted by Gasteiger charge is -2.05. The molecule has 0 aliphatic heterocycles. The van der Waals surface area contributed by atoms with Crippen molar-refractivity contribution in [3.8, 4) is 0 Å². The van der Waals surface area contributed by atoms with Crippen molar-refractivity contribution >= 4 is 11.9 Å². The molecular weight excluding hydrogens is 172 g/mol. The summed E-state index contributed by atoms with van der Waals surface area (Å²) in [7, 11) is 0. The molecule has 13 heavy (non-hydrogen) atoms. The largest absolute Gasteiger partial charge is 0.478 e. The fraction of sp³-hybridized carbons (Fsp3) is 0.333. The molecule has 0 rings (SSSR count). The van der Waals surface area contributed by atoms with Crippen LogP contribution in [0.4, 0.5) is 0 Å². The Kier molecular flexibility index (Phi) is 4.51. The molecule has 0 heterocycles. The first-order valence-electron chi connectivity index (χ1n) is 3.80. The highest BCUT2D eigenvalue weighted by molar-refractivity contribution is 5.88. The summed E-state index contributed by atoms with van der Waals surface area (Å²) in [6.45, 7) is 6.30. The first-order valence-corrected chi connectivity index (χ1v) is 3.80. The van der Waals surface area contributed by atoms with Gasteiger partial charge < -0.3 is 9.84 Å². The highest BCUT2D eigenvalue weighted by Gasteiger charge is 2.11. The van der Waals surface area contributed by atoms with E-state index in [9.17, 15) is 9.59 Å². The summed E-state index contributed by atoms with van der Waals surface area (Å²) in [5.41, 5.74) is 0.0395. The van der Waals surface area contributed by atoms with Crippen LogP contribution < -0.4 is 0 Å². The van der Waals surface area contributed by atoms with E-state index in [1.165, 1.54) is 6.92 Å². The Labute approximate surface area is 76.5 Å². The van der Waals surface area contributed by atoms with E-state index in [0.29, 0.717) is 6.42 Å². The highest BCUT2D eigenvalue weighted by atomic mass is 16.5. The Hall–Kier alpha value is -1.58. The van der Waals surface area contributed by atoms with E-state index in [-0.39, 0.29) is 11.3 Å². The summed E-state index contributed by atoms with van der Waals surface area (Å²) in [5.74, 6) is -1.57. The van der Waals surface area contributed by atoms with Crippen LogP contribution in [0.5, 0.6) is 0 Å². The minimum Gasteiger partial charge on any atom is -0.478 e. The Morgan fingerprint density at radius 1 is 1.54 bits per heavy atom. The van der Waals surface area contributed by atoms with Gasteiger partial charge in [-0.2, -0.15) is 0 Å². The minimum atomic E-state index is -1.09. The van der Waals surface area contributed by atoms with Gasteiger partial charge in [-0.25, -0.2) is 9.59 Å². The van der Waals surface area contributed by atoms with E-state index in [1.807, 2.05) is 0 Å². The van der Waals surface area contributed by atoms with E-state index in [2.05, 4.69) is 6.58 Å². The monoisotopic (exact) mass is 184 g/mol. The molecule has 0 spiro atoms. The quantitative estimate of drug-likeness (QED) is 0.408. The number of carbonyl (C=O) groups excluding carboxylic acids is 1. The van der Waals surface area contributed by atoms with Crippen molar-refractivity contribution in [2.75, 3.05) is 0 Å². The molecule has 0 aromatic carbocycles. The standard InChI is InChI=1S/C9H12O4/c1-4-7(6(3)9(11)12)13-8(10)5-2/h5H,2,4H2,1,3H3,(H,11,12)/b7-6+. The third kappa shape index (κ3) is 3.55. The summed E-state index contributed by atoms with van der Waals surface area (Å²) >= 11 is 0. The number of esters is 1. The van der Waals surface area contributed by atoms with Gasteiger partial charge in [0.1, 0.15) is 5.76 Å². The molecule has 0 saturated carbocycles. The first-order chi connectivity index (χ1) is 6.02. The average Bonchev–Trinajstić information content (AvgIpc) is 2.12. The number of ether oxygens (including phenoxy) is 1. The zero-order valence-corrected chi connectivity index (χ0v) is 7.66. The zero-order valence-electron chi connectivity index (χ0n) is 7.66. The maximum Gasteiger partial charge on any atom is 0.335 e. The third-order valence-electron chi connectivity index (χ3n) is 1.45. The molecule has 0 aromatic heterocycles. The first kappa shape index (κ1) is 11.4. The fourth-order valence-corrected chi connectivity index (χ4v) is 0.696. The summed E-state index contributed by atoms with van der Waals surface area (Å²) in [4.78, 5) is 21.2. The molecule has 0 unspecified atom stereocenters. The van der Waals surface area contributed by atoms with Crippen molar-refractivity contribution in [2.45, 2.75) is 20.3 Å². The molecule has 0 saturated heterocycles. The second-order valence-corrected chi connectivity index (χ2v) is 2.33. The van der Waals surface area contributed by atoms with E-state index in [1.54, 1.807) is 6.92 Å². The predicted octanol–water partition coefficient (Wildman–Crippen LogP) is 1.48. The van der Waals surface area contributed by atoms with Crippen LogP contribution in [-0.2, 0) is 14.3 Å². The van der Waals surface area contributed by atoms with Crippen LogP contribution >= 0.6 is 0 Å². The zero-order chi connectivity index (χ0) is 10.4. The summed E-state index contributed by atoms with van der Waals surface area (Å²) in [5, 5.41) is 8.59. The Bertz CT molecular complexity index is 263. The van der Waals surface area contributed by atoms with Gasteiger partial charge in [0.15, 0.2) is 0 Å². The molecule has 0 aliphatic carbocycles. The lowest BCUT2D eigenvalue weighted by molar-refractivity contribution is -0.135. The number of rotatable bonds is 4. The van der Waals surface area contributed by atoms with Crippen molar-refractivity contribution in [1.29, 1.82) is 0 Å². The molecule has 4 nitrogen and oxygen atoms in total. The van der Waals surface area contributed by atoms with Crippen LogP contribution in [0.1, 0.15) is 20.3 Å².